The highest BCUT2D eigenvalue weighted by molar-refractivity contribution is 5.89. The van der Waals surface area contributed by atoms with E-state index in [0.717, 1.165) is 6.54 Å². The number of hydrogen-bond acceptors (Lipinski definition) is 2. The molecule has 96 valence electrons. The molecule has 1 N–H and O–H groups in total. The third kappa shape index (κ3) is 2.99. The van der Waals surface area contributed by atoms with Gasteiger partial charge in [-0.25, -0.2) is 0 Å². The maximum atomic E-state index is 12.2. The molecule has 17 heavy (non-hydrogen) atoms. The molecule has 1 saturated heterocycles. The lowest BCUT2D eigenvalue weighted by Gasteiger charge is -2.26. The Morgan fingerprint density at radius 3 is 2.65 bits per heavy atom. The van der Waals surface area contributed by atoms with E-state index in [1.807, 2.05) is 11.8 Å². The Labute approximate surface area is 103 Å². The van der Waals surface area contributed by atoms with E-state index < -0.39 is 0 Å². The Balaban J connectivity index is 1.98. The molecule has 2 aliphatic rings. The average Bonchev–Trinajstić information content (AvgIpc) is 2.78. The molecule has 1 unspecified atom stereocenters. The molecular weight excluding hydrogens is 216 g/mol. The largest absolute Gasteiger partial charge is 0.344 e. The number of rotatable bonds is 3. The number of carbonyl (C=O) groups excluding carboxylic acids is 2. The lowest BCUT2D eigenvalue weighted by atomic mass is 10.1. The van der Waals surface area contributed by atoms with Crippen LogP contribution in [0.1, 0.15) is 45.4 Å². The van der Waals surface area contributed by atoms with E-state index in [0.29, 0.717) is 25.3 Å². The normalized spacial score (nSPS) is 27.1. The molecule has 0 radical (unpaired) electrons. The van der Waals surface area contributed by atoms with Gasteiger partial charge in [0.2, 0.25) is 11.8 Å². The van der Waals surface area contributed by atoms with Crippen LogP contribution < -0.4 is 5.32 Å². The standard InChI is InChI=1S/C13H22N2O2/c1-2-11-13(17)15(8-7-12(16)14-11)9-10-5-3-4-6-10/h10-11H,2-9H2,1H3,(H,14,16). The minimum Gasteiger partial charge on any atom is -0.344 e. The molecule has 1 atom stereocenters. The number of hydrogen-bond donors (Lipinski definition) is 1. The summed E-state index contributed by atoms with van der Waals surface area (Å²) in [5.74, 6) is 0.786. The summed E-state index contributed by atoms with van der Waals surface area (Å²) in [4.78, 5) is 25.6. The number of carbonyl (C=O) groups is 2. The van der Waals surface area contributed by atoms with Crippen molar-refractivity contribution in [2.24, 2.45) is 5.92 Å². The molecule has 0 aromatic rings. The van der Waals surface area contributed by atoms with Gasteiger partial charge >= 0.3 is 0 Å². The summed E-state index contributed by atoms with van der Waals surface area (Å²) in [6, 6.07) is -0.300. The maximum Gasteiger partial charge on any atom is 0.245 e. The molecule has 0 aromatic carbocycles. The lowest BCUT2D eigenvalue weighted by molar-refractivity contribution is -0.134. The van der Waals surface area contributed by atoms with Crippen molar-refractivity contribution in [3.63, 3.8) is 0 Å². The highest BCUT2D eigenvalue weighted by Crippen LogP contribution is 2.26. The van der Waals surface area contributed by atoms with Crippen molar-refractivity contribution in [1.29, 1.82) is 0 Å². The highest BCUT2D eigenvalue weighted by atomic mass is 16.2. The second-order valence-corrected chi connectivity index (χ2v) is 5.21. The number of nitrogens with one attached hydrogen (secondary N) is 1. The molecule has 0 spiro atoms. The van der Waals surface area contributed by atoms with Crippen LogP contribution >= 0.6 is 0 Å². The van der Waals surface area contributed by atoms with Gasteiger partial charge in [0, 0.05) is 19.5 Å². The summed E-state index contributed by atoms with van der Waals surface area (Å²) in [6.07, 6.45) is 6.20. The van der Waals surface area contributed by atoms with Crippen molar-refractivity contribution in [3.8, 4) is 0 Å². The van der Waals surface area contributed by atoms with Crippen molar-refractivity contribution in [3.05, 3.63) is 0 Å². The van der Waals surface area contributed by atoms with Crippen molar-refractivity contribution < 1.29 is 9.59 Å². The van der Waals surface area contributed by atoms with Gasteiger partial charge in [-0.3, -0.25) is 9.59 Å². The van der Waals surface area contributed by atoms with Crippen LogP contribution in [0.15, 0.2) is 0 Å². The van der Waals surface area contributed by atoms with Gasteiger partial charge in [0.15, 0.2) is 0 Å². The van der Waals surface area contributed by atoms with Crippen LogP contribution in [0.3, 0.4) is 0 Å². The number of amides is 2. The molecule has 1 aliphatic carbocycles. The third-order valence-electron chi connectivity index (χ3n) is 3.92. The van der Waals surface area contributed by atoms with Crippen LogP contribution in [0.5, 0.6) is 0 Å². The Hall–Kier alpha value is -1.06. The van der Waals surface area contributed by atoms with Crippen LogP contribution in [-0.2, 0) is 9.59 Å². The summed E-state index contributed by atoms with van der Waals surface area (Å²) in [5.41, 5.74) is 0. The van der Waals surface area contributed by atoms with Gasteiger partial charge in [0.05, 0.1) is 0 Å². The zero-order chi connectivity index (χ0) is 12.3. The van der Waals surface area contributed by atoms with E-state index in [1.54, 1.807) is 0 Å². The highest BCUT2D eigenvalue weighted by Gasteiger charge is 2.30. The van der Waals surface area contributed by atoms with Gasteiger partial charge in [-0.2, -0.15) is 0 Å². The van der Waals surface area contributed by atoms with Gasteiger partial charge < -0.3 is 10.2 Å². The number of nitrogens with zero attached hydrogens (tertiary/aromatic N) is 1. The predicted octanol–water partition coefficient (Wildman–Crippen LogP) is 1.30. The summed E-state index contributed by atoms with van der Waals surface area (Å²) >= 11 is 0. The van der Waals surface area contributed by atoms with E-state index in [4.69, 9.17) is 0 Å². The van der Waals surface area contributed by atoms with Crippen LogP contribution in [-0.4, -0.2) is 35.8 Å². The Kier molecular flexibility index (Phi) is 4.02. The Bertz CT molecular complexity index is 298. The van der Waals surface area contributed by atoms with E-state index in [1.165, 1.54) is 25.7 Å². The lowest BCUT2D eigenvalue weighted by Crippen LogP contribution is -2.45. The summed E-state index contributed by atoms with van der Waals surface area (Å²) in [5, 5.41) is 2.80. The van der Waals surface area contributed by atoms with Crippen molar-refractivity contribution in [2.45, 2.75) is 51.5 Å². The molecule has 1 saturated carbocycles. The average molecular weight is 238 g/mol. The minimum absolute atomic E-state index is 0.0131. The SMILES string of the molecule is CCC1NC(=O)CCN(CC2CCCC2)C1=O. The van der Waals surface area contributed by atoms with E-state index >= 15 is 0 Å². The second-order valence-electron chi connectivity index (χ2n) is 5.21. The predicted molar refractivity (Wildman–Crippen MR) is 65.4 cm³/mol. The van der Waals surface area contributed by atoms with Gasteiger partial charge in [-0.15, -0.1) is 0 Å². The quantitative estimate of drug-likeness (QED) is 0.805. The van der Waals surface area contributed by atoms with E-state index in [2.05, 4.69) is 5.32 Å². The molecule has 1 aliphatic heterocycles. The third-order valence-corrected chi connectivity index (χ3v) is 3.92. The van der Waals surface area contributed by atoms with E-state index in [-0.39, 0.29) is 17.9 Å². The molecule has 4 heteroatoms. The fourth-order valence-corrected chi connectivity index (χ4v) is 2.86. The first-order chi connectivity index (χ1) is 8.20. The summed E-state index contributed by atoms with van der Waals surface area (Å²) in [7, 11) is 0. The smallest absolute Gasteiger partial charge is 0.245 e. The fraction of sp³-hybridized carbons (Fsp3) is 0.846. The first-order valence-electron chi connectivity index (χ1n) is 6.79. The van der Waals surface area contributed by atoms with Crippen molar-refractivity contribution in [1.82, 2.24) is 10.2 Å². The molecule has 2 fully saturated rings. The van der Waals surface area contributed by atoms with Gasteiger partial charge in [-0.1, -0.05) is 19.8 Å². The van der Waals surface area contributed by atoms with Crippen LogP contribution in [0, 0.1) is 5.92 Å². The summed E-state index contributed by atoms with van der Waals surface area (Å²) in [6.45, 7) is 3.39. The first kappa shape index (κ1) is 12.4. The van der Waals surface area contributed by atoms with E-state index in [9.17, 15) is 9.59 Å². The van der Waals surface area contributed by atoms with Gasteiger partial charge in [0.25, 0.3) is 0 Å². The van der Waals surface area contributed by atoms with Gasteiger partial charge in [-0.05, 0) is 25.2 Å². The van der Waals surface area contributed by atoms with Gasteiger partial charge in [0.1, 0.15) is 6.04 Å². The van der Waals surface area contributed by atoms with Crippen LogP contribution in [0.4, 0.5) is 0 Å². The van der Waals surface area contributed by atoms with Crippen molar-refractivity contribution >= 4 is 11.8 Å². The van der Waals surface area contributed by atoms with Crippen LogP contribution in [0.2, 0.25) is 0 Å². The maximum absolute atomic E-state index is 12.2. The molecular formula is C13H22N2O2. The Morgan fingerprint density at radius 2 is 2.00 bits per heavy atom. The fourth-order valence-electron chi connectivity index (χ4n) is 2.86. The molecule has 4 nitrogen and oxygen atoms in total. The molecule has 0 aromatic heterocycles. The summed E-state index contributed by atoms with van der Waals surface area (Å²) < 4.78 is 0. The topological polar surface area (TPSA) is 49.4 Å². The Morgan fingerprint density at radius 1 is 1.29 bits per heavy atom. The van der Waals surface area contributed by atoms with Crippen molar-refractivity contribution in [2.75, 3.05) is 13.1 Å². The monoisotopic (exact) mass is 238 g/mol. The van der Waals surface area contributed by atoms with Crippen LogP contribution in [0.25, 0.3) is 0 Å². The molecule has 0 bridgehead atoms. The zero-order valence-corrected chi connectivity index (χ0v) is 10.6. The first-order valence-corrected chi connectivity index (χ1v) is 6.79. The zero-order valence-electron chi connectivity index (χ0n) is 10.6. The minimum atomic E-state index is -0.300. The molecule has 1 heterocycles. The molecule has 2 rings (SSSR count). The molecule has 2 amide bonds. The second kappa shape index (κ2) is 5.52.